The van der Waals surface area contributed by atoms with Crippen molar-refractivity contribution in [1.29, 1.82) is 0 Å². The molecule has 0 bridgehead atoms. The molecule has 0 saturated carbocycles. The molecule has 1 N–H and O–H groups in total. The van der Waals surface area contributed by atoms with E-state index in [2.05, 4.69) is 5.32 Å². The van der Waals surface area contributed by atoms with E-state index in [0.717, 1.165) is 25.5 Å². The Balaban J connectivity index is 2.28. The van der Waals surface area contributed by atoms with E-state index in [4.69, 9.17) is 23.2 Å². The molecule has 0 aliphatic rings. The van der Waals surface area contributed by atoms with Gasteiger partial charge in [-0.2, -0.15) is 0 Å². The second kappa shape index (κ2) is 5.67. The molecule has 0 aliphatic carbocycles. The van der Waals surface area contributed by atoms with E-state index >= 15 is 0 Å². The normalized spacial score (nSPS) is 10.3. The van der Waals surface area contributed by atoms with Crippen molar-refractivity contribution in [2.75, 3.05) is 12.4 Å². The van der Waals surface area contributed by atoms with Gasteiger partial charge in [0.25, 0.3) is 0 Å². The van der Waals surface area contributed by atoms with Crippen LogP contribution in [-0.4, -0.2) is 7.05 Å². The van der Waals surface area contributed by atoms with Gasteiger partial charge in [-0.15, -0.1) is 0 Å². The molecular formula is C13H11Cl2NS. The number of hydrogen-bond donors (Lipinski definition) is 1. The molecule has 0 spiro atoms. The third kappa shape index (κ3) is 3.32. The topological polar surface area (TPSA) is 12.0 Å². The Morgan fingerprint density at radius 3 is 2.24 bits per heavy atom. The van der Waals surface area contributed by atoms with E-state index in [0.29, 0.717) is 0 Å². The van der Waals surface area contributed by atoms with Crippen molar-refractivity contribution in [3.63, 3.8) is 0 Å². The first-order valence-electron chi connectivity index (χ1n) is 5.10. The molecule has 0 aromatic heterocycles. The Hall–Kier alpha value is -0.830. The van der Waals surface area contributed by atoms with E-state index < -0.39 is 0 Å². The Morgan fingerprint density at radius 2 is 1.59 bits per heavy atom. The van der Waals surface area contributed by atoms with Crippen molar-refractivity contribution >= 4 is 40.7 Å². The van der Waals surface area contributed by atoms with Crippen LogP contribution >= 0.6 is 35.0 Å². The summed E-state index contributed by atoms with van der Waals surface area (Å²) in [5.74, 6) is 0. The number of hydrogen-bond acceptors (Lipinski definition) is 2. The average Bonchev–Trinajstić information content (AvgIpc) is 2.32. The predicted octanol–water partition coefficient (Wildman–Crippen LogP) is 5.19. The highest BCUT2D eigenvalue weighted by Gasteiger charge is 2.04. The van der Waals surface area contributed by atoms with Crippen molar-refractivity contribution in [2.24, 2.45) is 0 Å². The summed E-state index contributed by atoms with van der Waals surface area (Å²) in [7, 11) is 1.90. The van der Waals surface area contributed by atoms with Gasteiger partial charge >= 0.3 is 0 Å². The van der Waals surface area contributed by atoms with Gasteiger partial charge in [0.15, 0.2) is 0 Å². The quantitative estimate of drug-likeness (QED) is 0.832. The van der Waals surface area contributed by atoms with Gasteiger partial charge in [-0.3, -0.25) is 0 Å². The van der Waals surface area contributed by atoms with Crippen molar-refractivity contribution in [2.45, 2.75) is 9.79 Å². The predicted molar refractivity (Wildman–Crippen MR) is 76.6 cm³/mol. The minimum Gasteiger partial charge on any atom is -0.387 e. The summed E-state index contributed by atoms with van der Waals surface area (Å²) in [6.45, 7) is 0. The van der Waals surface area contributed by atoms with Gasteiger partial charge in [-0.25, -0.2) is 0 Å². The summed E-state index contributed by atoms with van der Waals surface area (Å²) >= 11 is 13.5. The maximum atomic E-state index is 6.00. The fraction of sp³-hybridized carbons (Fsp3) is 0.0769. The zero-order valence-corrected chi connectivity index (χ0v) is 11.5. The highest BCUT2D eigenvalue weighted by Crippen LogP contribution is 2.35. The van der Waals surface area contributed by atoms with Crippen LogP contribution in [-0.2, 0) is 0 Å². The molecule has 1 nitrogen and oxygen atoms in total. The number of anilines is 1. The summed E-state index contributed by atoms with van der Waals surface area (Å²) < 4.78 is 0. The number of nitrogens with one attached hydrogen (secondary N) is 1. The van der Waals surface area contributed by atoms with Crippen LogP contribution in [0.15, 0.2) is 52.3 Å². The Bertz CT molecular complexity index is 511. The molecule has 2 aromatic carbocycles. The van der Waals surface area contributed by atoms with Gasteiger partial charge in [0.05, 0.1) is 0 Å². The van der Waals surface area contributed by atoms with Crippen LogP contribution in [0.1, 0.15) is 0 Å². The number of halogens is 2. The van der Waals surface area contributed by atoms with Crippen LogP contribution in [0.5, 0.6) is 0 Å². The summed E-state index contributed by atoms with van der Waals surface area (Å²) in [6.07, 6.45) is 0. The first-order valence-corrected chi connectivity index (χ1v) is 6.67. The molecular weight excluding hydrogens is 273 g/mol. The molecule has 17 heavy (non-hydrogen) atoms. The van der Waals surface area contributed by atoms with Crippen molar-refractivity contribution < 1.29 is 0 Å². The second-order valence-electron chi connectivity index (χ2n) is 3.45. The molecule has 88 valence electrons. The highest BCUT2D eigenvalue weighted by atomic mass is 35.5. The standard InChI is InChI=1S/C13H11Cl2NS/c1-16-12-7-4-10(15)8-13(12)17-11-5-2-9(14)3-6-11/h2-8,16H,1H3. The van der Waals surface area contributed by atoms with Crippen LogP contribution in [0.2, 0.25) is 10.0 Å². The molecule has 0 amide bonds. The fourth-order valence-corrected chi connectivity index (χ4v) is 2.77. The summed E-state index contributed by atoms with van der Waals surface area (Å²) in [4.78, 5) is 2.23. The third-order valence-corrected chi connectivity index (χ3v) is 3.81. The zero-order valence-electron chi connectivity index (χ0n) is 9.21. The molecule has 0 atom stereocenters. The number of rotatable bonds is 3. The van der Waals surface area contributed by atoms with Crippen LogP contribution in [0, 0.1) is 0 Å². The van der Waals surface area contributed by atoms with Crippen LogP contribution in [0.25, 0.3) is 0 Å². The van der Waals surface area contributed by atoms with E-state index in [9.17, 15) is 0 Å². The number of benzene rings is 2. The van der Waals surface area contributed by atoms with Crippen molar-refractivity contribution in [3.05, 3.63) is 52.5 Å². The molecule has 0 heterocycles. The van der Waals surface area contributed by atoms with Crippen LogP contribution in [0.3, 0.4) is 0 Å². The first kappa shape index (κ1) is 12.6. The van der Waals surface area contributed by atoms with E-state index in [-0.39, 0.29) is 0 Å². The molecule has 0 saturated heterocycles. The zero-order chi connectivity index (χ0) is 12.3. The molecule has 2 rings (SSSR count). The monoisotopic (exact) mass is 283 g/mol. The van der Waals surface area contributed by atoms with Gasteiger partial charge in [-0.05, 0) is 42.5 Å². The second-order valence-corrected chi connectivity index (χ2v) is 5.43. The van der Waals surface area contributed by atoms with Gasteiger partial charge in [0, 0.05) is 32.6 Å². The summed E-state index contributed by atoms with van der Waals surface area (Å²) in [6, 6.07) is 13.5. The fourth-order valence-electron chi connectivity index (χ4n) is 1.42. The molecule has 0 radical (unpaired) electrons. The van der Waals surface area contributed by atoms with Gasteiger partial charge in [0.2, 0.25) is 0 Å². The lowest BCUT2D eigenvalue weighted by atomic mass is 10.3. The minimum atomic E-state index is 0.737. The SMILES string of the molecule is CNc1ccc(Cl)cc1Sc1ccc(Cl)cc1. The Morgan fingerprint density at radius 1 is 0.941 bits per heavy atom. The lowest BCUT2D eigenvalue weighted by molar-refractivity contribution is 1.36. The van der Waals surface area contributed by atoms with Crippen molar-refractivity contribution in [3.8, 4) is 0 Å². The van der Waals surface area contributed by atoms with Gasteiger partial charge in [-0.1, -0.05) is 35.0 Å². The highest BCUT2D eigenvalue weighted by molar-refractivity contribution is 7.99. The van der Waals surface area contributed by atoms with Gasteiger partial charge < -0.3 is 5.32 Å². The maximum absolute atomic E-state index is 6.00. The third-order valence-electron chi connectivity index (χ3n) is 2.25. The lowest BCUT2D eigenvalue weighted by Gasteiger charge is -2.09. The minimum absolute atomic E-state index is 0.737. The lowest BCUT2D eigenvalue weighted by Crippen LogP contribution is -1.90. The maximum Gasteiger partial charge on any atom is 0.0480 e. The summed E-state index contributed by atoms with van der Waals surface area (Å²) in [5, 5.41) is 4.63. The van der Waals surface area contributed by atoms with Crippen LogP contribution in [0.4, 0.5) is 5.69 Å². The molecule has 4 heteroatoms. The van der Waals surface area contributed by atoms with E-state index in [1.807, 2.05) is 49.5 Å². The summed E-state index contributed by atoms with van der Waals surface area (Å²) in [5.41, 5.74) is 1.06. The molecule has 2 aromatic rings. The Labute approximate surface area is 115 Å². The largest absolute Gasteiger partial charge is 0.387 e. The molecule has 0 unspecified atom stereocenters. The molecule has 0 aliphatic heterocycles. The van der Waals surface area contributed by atoms with E-state index in [1.165, 1.54) is 0 Å². The Kier molecular flexibility index (Phi) is 4.21. The van der Waals surface area contributed by atoms with Crippen LogP contribution < -0.4 is 5.32 Å². The van der Waals surface area contributed by atoms with Crippen molar-refractivity contribution in [1.82, 2.24) is 0 Å². The average molecular weight is 284 g/mol. The first-order chi connectivity index (χ1) is 8.19. The van der Waals surface area contributed by atoms with Gasteiger partial charge in [0.1, 0.15) is 0 Å². The molecule has 0 fully saturated rings. The smallest absolute Gasteiger partial charge is 0.0480 e. The van der Waals surface area contributed by atoms with E-state index in [1.54, 1.807) is 11.8 Å².